The van der Waals surface area contributed by atoms with Gasteiger partial charge in [-0.2, -0.15) is 0 Å². The summed E-state index contributed by atoms with van der Waals surface area (Å²) in [4.78, 5) is 35.2. The second-order valence-corrected chi connectivity index (χ2v) is 9.41. The van der Waals surface area contributed by atoms with Crippen molar-refractivity contribution in [3.8, 4) is 10.6 Å². The fourth-order valence-electron chi connectivity index (χ4n) is 3.79. The minimum absolute atomic E-state index is 0.197. The highest BCUT2D eigenvalue weighted by atomic mass is 32.1. The number of ether oxygens (including phenoxy) is 1. The Kier molecular flexibility index (Phi) is 5.66. The van der Waals surface area contributed by atoms with Crippen molar-refractivity contribution in [1.82, 2.24) is 4.98 Å². The summed E-state index contributed by atoms with van der Waals surface area (Å²) in [5.74, 6) is -1.35. The number of carbonyl (C=O) groups excluding carboxylic acids is 2. The van der Waals surface area contributed by atoms with Crippen LogP contribution in [0.1, 0.15) is 16.7 Å². The van der Waals surface area contributed by atoms with E-state index in [-0.39, 0.29) is 5.57 Å². The molecule has 2 heterocycles. The molecule has 35 heavy (non-hydrogen) atoms. The summed E-state index contributed by atoms with van der Waals surface area (Å²) in [5, 5.41) is 0.756. The number of carbonyl (C=O) groups is 2. The van der Waals surface area contributed by atoms with Crippen LogP contribution in [0.15, 0.2) is 65.7 Å². The summed E-state index contributed by atoms with van der Waals surface area (Å²) in [7, 11) is 4.01. The van der Waals surface area contributed by atoms with Gasteiger partial charge in [-0.25, -0.2) is 14.6 Å². The second-order valence-electron chi connectivity index (χ2n) is 8.41. The van der Waals surface area contributed by atoms with Gasteiger partial charge in [0.25, 0.3) is 0 Å². The van der Waals surface area contributed by atoms with Crippen molar-refractivity contribution in [2.75, 3.05) is 24.7 Å². The van der Waals surface area contributed by atoms with Gasteiger partial charge in [-0.3, -0.25) is 4.99 Å². The molecule has 1 aliphatic heterocycles. The molecule has 174 valence electrons. The Morgan fingerprint density at radius 3 is 2.40 bits per heavy atom. The van der Waals surface area contributed by atoms with Crippen LogP contribution in [0.4, 0.5) is 17.1 Å². The van der Waals surface area contributed by atoms with Crippen molar-refractivity contribution in [1.29, 1.82) is 0 Å². The molecule has 0 spiro atoms. The minimum atomic E-state index is -0.673. The van der Waals surface area contributed by atoms with Gasteiger partial charge >= 0.3 is 11.9 Å². The Bertz CT molecular complexity index is 1530. The van der Waals surface area contributed by atoms with Crippen molar-refractivity contribution >= 4 is 62.3 Å². The van der Waals surface area contributed by atoms with Crippen LogP contribution < -0.4 is 10.6 Å². The van der Waals surface area contributed by atoms with Gasteiger partial charge in [0.05, 0.1) is 27.2 Å². The van der Waals surface area contributed by atoms with Crippen LogP contribution in [-0.4, -0.2) is 37.2 Å². The lowest BCUT2D eigenvalue weighted by Gasteiger charge is -2.11. The van der Waals surface area contributed by atoms with Crippen LogP contribution in [0.3, 0.4) is 0 Å². The number of fused-ring (bicyclic) bond motifs is 1. The van der Waals surface area contributed by atoms with E-state index < -0.39 is 11.9 Å². The lowest BCUT2D eigenvalue weighted by Crippen LogP contribution is -2.08. The SMILES string of the molecule is Cc1cc(C2=CC(=O)OC2=O)c2nc(-c3ccc(/N=C/c4ccc(N(C)C)cc4)cc3)sc2c1N. The molecule has 4 aromatic rings. The van der Waals surface area contributed by atoms with Crippen molar-refractivity contribution in [3.63, 3.8) is 0 Å². The molecule has 1 aromatic heterocycles. The number of hydrogen-bond donors (Lipinski definition) is 1. The zero-order valence-corrected chi connectivity index (χ0v) is 20.2. The smallest absolute Gasteiger partial charge is 0.346 e. The molecule has 0 radical (unpaired) electrons. The zero-order chi connectivity index (χ0) is 24.7. The van der Waals surface area contributed by atoms with Gasteiger partial charge in [-0.1, -0.05) is 12.1 Å². The molecule has 0 fully saturated rings. The first kappa shape index (κ1) is 22.5. The Morgan fingerprint density at radius 1 is 1.06 bits per heavy atom. The molecule has 0 aliphatic carbocycles. The predicted molar refractivity (Wildman–Crippen MR) is 141 cm³/mol. The molecule has 0 saturated heterocycles. The molecule has 2 N–H and O–H groups in total. The Morgan fingerprint density at radius 2 is 1.77 bits per heavy atom. The number of aryl methyl sites for hydroxylation is 1. The standard InChI is InChI=1S/C27H22N4O3S/c1-15-12-20(21-13-22(32)34-27(21)33)24-25(23(15)28)35-26(30-24)17-6-8-18(9-7-17)29-14-16-4-10-19(11-5-16)31(2)3/h4-14H,28H2,1-3H3/b29-14+. The van der Waals surface area contributed by atoms with E-state index in [9.17, 15) is 9.59 Å². The molecule has 8 heteroatoms. The van der Waals surface area contributed by atoms with Gasteiger partial charge in [0.1, 0.15) is 5.01 Å². The second kappa shape index (κ2) is 8.81. The summed E-state index contributed by atoms with van der Waals surface area (Å²) in [6.07, 6.45) is 3.03. The molecule has 0 amide bonds. The lowest BCUT2D eigenvalue weighted by molar-refractivity contribution is -0.149. The molecule has 5 rings (SSSR count). The highest BCUT2D eigenvalue weighted by Gasteiger charge is 2.28. The first-order chi connectivity index (χ1) is 16.8. The normalized spacial score (nSPS) is 13.5. The average molecular weight is 483 g/mol. The number of aliphatic imine (C=N–C) groups is 1. The lowest BCUT2D eigenvalue weighted by atomic mass is 10.0. The summed E-state index contributed by atoms with van der Waals surface area (Å²) in [5.41, 5.74) is 12.9. The van der Waals surface area contributed by atoms with E-state index in [1.165, 1.54) is 17.4 Å². The quantitative estimate of drug-likeness (QED) is 0.183. The Hall–Kier alpha value is -4.30. The molecule has 0 saturated carbocycles. The first-order valence-electron chi connectivity index (χ1n) is 10.9. The average Bonchev–Trinajstić information content (AvgIpc) is 3.44. The number of benzene rings is 3. The fraction of sp³-hybridized carbons (Fsp3) is 0.111. The number of thiazole rings is 1. The Labute approximate surface area is 206 Å². The van der Waals surface area contributed by atoms with Crippen molar-refractivity contribution in [2.45, 2.75) is 6.92 Å². The maximum absolute atomic E-state index is 12.2. The number of aromatic nitrogens is 1. The van der Waals surface area contributed by atoms with Crippen molar-refractivity contribution in [3.05, 3.63) is 77.4 Å². The molecule has 0 unspecified atom stereocenters. The summed E-state index contributed by atoms with van der Waals surface area (Å²) in [6.45, 7) is 1.86. The van der Waals surface area contributed by atoms with Gasteiger partial charge < -0.3 is 15.4 Å². The van der Waals surface area contributed by atoms with Crippen molar-refractivity contribution in [2.24, 2.45) is 4.99 Å². The molecular weight excluding hydrogens is 460 g/mol. The maximum Gasteiger partial charge on any atom is 0.346 e. The Balaban J connectivity index is 1.45. The number of cyclic esters (lactones) is 2. The molecule has 0 atom stereocenters. The zero-order valence-electron chi connectivity index (χ0n) is 19.4. The number of nitrogens with zero attached hydrogens (tertiary/aromatic N) is 3. The topological polar surface area (TPSA) is 97.9 Å². The van der Waals surface area contributed by atoms with Gasteiger partial charge in [0, 0.05) is 43.2 Å². The highest BCUT2D eigenvalue weighted by molar-refractivity contribution is 7.22. The van der Waals surface area contributed by atoms with Crippen molar-refractivity contribution < 1.29 is 14.3 Å². The van der Waals surface area contributed by atoms with E-state index in [1.54, 1.807) is 6.07 Å². The number of hydrogen-bond acceptors (Lipinski definition) is 8. The fourth-order valence-corrected chi connectivity index (χ4v) is 4.90. The number of rotatable bonds is 5. The number of nitrogens with two attached hydrogens (primary N) is 1. The van der Waals surface area contributed by atoms with Crippen LogP contribution in [0.5, 0.6) is 0 Å². The van der Waals surface area contributed by atoms with Crippen LogP contribution in [0.25, 0.3) is 26.4 Å². The van der Waals surface area contributed by atoms with Gasteiger partial charge in [0.2, 0.25) is 0 Å². The number of esters is 2. The minimum Gasteiger partial charge on any atom is -0.397 e. The molecule has 1 aliphatic rings. The van der Waals surface area contributed by atoms with E-state index >= 15 is 0 Å². The monoisotopic (exact) mass is 482 g/mol. The van der Waals surface area contributed by atoms with E-state index in [0.717, 1.165) is 37.8 Å². The third-order valence-electron chi connectivity index (χ3n) is 5.76. The van der Waals surface area contributed by atoms with E-state index in [0.29, 0.717) is 16.8 Å². The molecule has 3 aromatic carbocycles. The largest absolute Gasteiger partial charge is 0.397 e. The third kappa shape index (κ3) is 4.31. The number of nitrogen functional groups attached to an aromatic ring is 1. The molecule has 7 nitrogen and oxygen atoms in total. The van der Waals surface area contributed by atoms with Crippen LogP contribution in [0.2, 0.25) is 0 Å². The van der Waals surface area contributed by atoms with Crippen LogP contribution in [0, 0.1) is 6.92 Å². The van der Waals surface area contributed by atoms with Gasteiger partial charge in [-0.15, -0.1) is 11.3 Å². The highest BCUT2D eigenvalue weighted by Crippen LogP contribution is 2.40. The summed E-state index contributed by atoms with van der Waals surface area (Å²) < 4.78 is 5.45. The van der Waals surface area contributed by atoms with E-state index in [2.05, 4.69) is 26.8 Å². The molecular formula is C27H22N4O3S. The maximum atomic E-state index is 12.2. The van der Waals surface area contributed by atoms with E-state index in [4.69, 9.17) is 10.7 Å². The van der Waals surface area contributed by atoms with Gasteiger partial charge in [-0.05, 0) is 60.5 Å². The third-order valence-corrected chi connectivity index (χ3v) is 6.90. The number of anilines is 2. The molecule has 0 bridgehead atoms. The summed E-state index contributed by atoms with van der Waals surface area (Å²) in [6, 6.07) is 17.7. The first-order valence-corrected chi connectivity index (χ1v) is 11.7. The van der Waals surface area contributed by atoms with Gasteiger partial charge in [0.15, 0.2) is 0 Å². The van der Waals surface area contributed by atoms with Crippen LogP contribution >= 0.6 is 11.3 Å². The van der Waals surface area contributed by atoms with E-state index in [1.807, 2.05) is 63.6 Å². The predicted octanol–water partition coefficient (Wildman–Crippen LogP) is 5.14. The summed E-state index contributed by atoms with van der Waals surface area (Å²) >= 11 is 1.44. The van der Waals surface area contributed by atoms with Crippen LogP contribution in [-0.2, 0) is 14.3 Å².